The van der Waals surface area contributed by atoms with Gasteiger partial charge in [0.1, 0.15) is 12.2 Å². The first-order valence-electron chi connectivity index (χ1n) is 7.82. The summed E-state index contributed by atoms with van der Waals surface area (Å²) in [7, 11) is 0. The molecule has 0 aliphatic heterocycles. The first kappa shape index (κ1) is 16.2. The highest BCUT2D eigenvalue weighted by molar-refractivity contribution is 7.13. The smallest absolute Gasteiger partial charge is 0.319 e. The highest BCUT2D eigenvalue weighted by atomic mass is 32.1. The number of nitrogens with zero attached hydrogens (tertiary/aromatic N) is 3. The summed E-state index contributed by atoms with van der Waals surface area (Å²) in [6.07, 6.45) is 2.50. The zero-order valence-electron chi connectivity index (χ0n) is 13.4. The van der Waals surface area contributed by atoms with Gasteiger partial charge in [-0.25, -0.2) is 4.79 Å². The predicted octanol–water partition coefficient (Wildman–Crippen LogP) is 3.39. The fourth-order valence-electron chi connectivity index (χ4n) is 2.43. The van der Waals surface area contributed by atoms with E-state index in [4.69, 9.17) is 0 Å². The van der Waals surface area contributed by atoms with E-state index in [9.17, 15) is 4.79 Å². The molecule has 6 nitrogen and oxygen atoms in total. The van der Waals surface area contributed by atoms with Crippen molar-refractivity contribution < 1.29 is 4.79 Å². The third-order valence-electron chi connectivity index (χ3n) is 3.61. The van der Waals surface area contributed by atoms with Crippen molar-refractivity contribution in [2.75, 3.05) is 11.9 Å². The largest absolute Gasteiger partial charge is 0.336 e. The molecule has 7 heteroatoms. The number of thiophene rings is 1. The lowest BCUT2D eigenvalue weighted by atomic mass is 10.1. The molecule has 24 heavy (non-hydrogen) atoms. The predicted molar refractivity (Wildman–Crippen MR) is 96.2 cm³/mol. The lowest BCUT2D eigenvalue weighted by Gasteiger charge is -2.11. The SMILES string of the molecule is CCc1nncn1CCNC(=O)Nc1ccccc1-c1cccs1. The fraction of sp³-hybridized carbons (Fsp3) is 0.235. The van der Waals surface area contributed by atoms with Crippen molar-refractivity contribution in [2.24, 2.45) is 0 Å². The Morgan fingerprint density at radius 1 is 1.25 bits per heavy atom. The Morgan fingerprint density at radius 3 is 2.92 bits per heavy atom. The van der Waals surface area contributed by atoms with Crippen LogP contribution in [0.2, 0.25) is 0 Å². The minimum atomic E-state index is -0.217. The van der Waals surface area contributed by atoms with Gasteiger partial charge in [-0.1, -0.05) is 31.2 Å². The number of rotatable bonds is 6. The van der Waals surface area contributed by atoms with Gasteiger partial charge in [0.15, 0.2) is 0 Å². The normalized spacial score (nSPS) is 10.5. The molecule has 2 N–H and O–H groups in total. The van der Waals surface area contributed by atoms with Crippen LogP contribution >= 0.6 is 11.3 Å². The molecule has 0 saturated heterocycles. The molecular formula is C17H19N5OS. The van der Waals surface area contributed by atoms with Crippen LogP contribution in [0.15, 0.2) is 48.1 Å². The molecule has 0 aliphatic rings. The fourth-order valence-corrected chi connectivity index (χ4v) is 3.20. The molecule has 3 aromatic rings. The number of benzene rings is 1. The van der Waals surface area contributed by atoms with E-state index in [0.717, 1.165) is 28.4 Å². The van der Waals surface area contributed by atoms with E-state index in [0.29, 0.717) is 13.1 Å². The van der Waals surface area contributed by atoms with Crippen molar-refractivity contribution in [1.82, 2.24) is 20.1 Å². The van der Waals surface area contributed by atoms with Gasteiger partial charge in [0, 0.05) is 30.0 Å². The van der Waals surface area contributed by atoms with Crippen LogP contribution in [0.1, 0.15) is 12.7 Å². The van der Waals surface area contributed by atoms with Gasteiger partial charge >= 0.3 is 6.03 Å². The molecule has 2 heterocycles. The van der Waals surface area contributed by atoms with Crippen molar-refractivity contribution in [2.45, 2.75) is 19.9 Å². The number of aromatic nitrogens is 3. The van der Waals surface area contributed by atoms with Crippen LogP contribution in [0.4, 0.5) is 10.5 Å². The molecule has 2 aromatic heterocycles. The van der Waals surface area contributed by atoms with Crippen molar-refractivity contribution in [3.8, 4) is 10.4 Å². The highest BCUT2D eigenvalue weighted by Crippen LogP contribution is 2.31. The standard InChI is InChI=1S/C17H19N5OS/c1-2-16-21-19-12-22(16)10-9-18-17(23)20-14-7-4-3-6-13(14)15-8-5-11-24-15/h3-8,11-12H,2,9-10H2,1H3,(H2,18,20,23). The molecular weight excluding hydrogens is 322 g/mol. The lowest BCUT2D eigenvalue weighted by molar-refractivity contribution is 0.251. The molecule has 0 spiro atoms. The van der Waals surface area contributed by atoms with Gasteiger partial charge in [0.25, 0.3) is 0 Å². The second-order valence-electron chi connectivity index (χ2n) is 5.20. The summed E-state index contributed by atoms with van der Waals surface area (Å²) in [5.41, 5.74) is 1.82. The quantitative estimate of drug-likeness (QED) is 0.722. The topological polar surface area (TPSA) is 71.8 Å². The van der Waals surface area contributed by atoms with Gasteiger partial charge in [0.2, 0.25) is 0 Å². The molecule has 0 atom stereocenters. The Labute approximate surface area is 144 Å². The Morgan fingerprint density at radius 2 is 2.12 bits per heavy atom. The third-order valence-corrected chi connectivity index (χ3v) is 4.52. The van der Waals surface area contributed by atoms with E-state index < -0.39 is 0 Å². The summed E-state index contributed by atoms with van der Waals surface area (Å²) in [6.45, 7) is 3.19. The Kier molecular flexibility index (Phi) is 5.22. The molecule has 3 rings (SSSR count). The van der Waals surface area contributed by atoms with Crippen molar-refractivity contribution in [1.29, 1.82) is 0 Å². The van der Waals surface area contributed by atoms with Crippen molar-refractivity contribution in [3.05, 3.63) is 53.9 Å². The average Bonchev–Trinajstić information content (AvgIpc) is 3.27. The van der Waals surface area contributed by atoms with Crippen molar-refractivity contribution in [3.63, 3.8) is 0 Å². The second kappa shape index (κ2) is 7.74. The number of para-hydroxylation sites is 1. The molecule has 1 aromatic carbocycles. The number of nitrogens with one attached hydrogen (secondary N) is 2. The van der Waals surface area contributed by atoms with E-state index in [1.807, 2.05) is 53.3 Å². The molecule has 0 saturated carbocycles. The number of amides is 2. The minimum absolute atomic E-state index is 0.217. The number of urea groups is 1. The summed E-state index contributed by atoms with van der Waals surface area (Å²) in [6, 6.07) is 11.6. The molecule has 124 valence electrons. The van der Waals surface area contributed by atoms with E-state index in [1.165, 1.54) is 0 Å². The summed E-state index contributed by atoms with van der Waals surface area (Å²) >= 11 is 1.65. The van der Waals surface area contributed by atoms with E-state index in [-0.39, 0.29) is 6.03 Å². The first-order valence-corrected chi connectivity index (χ1v) is 8.70. The number of aryl methyl sites for hydroxylation is 1. The summed E-state index contributed by atoms with van der Waals surface area (Å²) < 4.78 is 1.94. The minimum Gasteiger partial charge on any atom is -0.336 e. The number of anilines is 1. The maximum Gasteiger partial charge on any atom is 0.319 e. The van der Waals surface area contributed by atoms with Crippen LogP contribution in [0.5, 0.6) is 0 Å². The van der Waals surface area contributed by atoms with Crippen LogP contribution in [0, 0.1) is 0 Å². The zero-order valence-corrected chi connectivity index (χ0v) is 14.2. The van der Waals surface area contributed by atoms with Gasteiger partial charge in [0.05, 0.1) is 5.69 Å². The monoisotopic (exact) mass is 341 g/mol. The van der Waals surface area contributed by atoms with Crippen LogP contribution < -0.4 is 10.6 Å². The average molecular weight is 341 g/mol. The maximum atomic E-state index is 12.2. The first-order chi connectivity index (χ1) is 11.8. The Balaban J connectivity index is 1.58. The Hall–Kier alpha value is -2.67. The zero-order chi connectivity index (χ0) is 16.8. The van der Waals surface area contributed by atoms with Crippen molar-refractivity contribution >= 4 is 23.1 Å². The van der Waals surface area contributed by atoms with E-state index in [2.05, 4.69) is 20.8 Å². The van der Waals surface area contributed by atoms with Crippen LogP contribution in [0.25, 0.3) is 10.4 Å². The maximum absolute atomic E-state index is 12.2. The molecule has 0 radical (unpaired) electrons. The summed E-state index contributed by atoms with van der Waals surface area (Å²) in [5.74, 6) is 0.917. The van der Waals surface area contributed by atoms with Gasteiger partial charge in [-0.05, 0) is 17.5 Å². The number of carbonyl (C=O) groups excluding carboxylic acids is 1. The van der Waals surface area contributed by atoms with E-state index in [1.54, 1.807) is 17.7 Å². The Bertz CT molecular complexity index is 797. The molecule has 0 fully saturated rings. The van der Waals surface area contributed by atoms with Gasteiger partial charge < -0.3 is 15.2 Å². The number of hydrogen-bond donors (Lipinski definition) is 2. The number of hydrogen-bond acceptors (Lipinski definition) is 4. The van der Waals surface area contributed by atoms with Gasteiger partial charge in [-0.15, -0.1) is 21.5 Å². The van der Waals surface area contributed by atoms with E-state index >= 15 is 0 Å². The number of carbonyl (C=O) groups is 1. The highest BCUT2D eigenvalue weighted by Gasteiger charge is 2.09. The summed E-state index contributed by atoms with van der Waals surface area (Å²) in [4.78, 5) is 13.3. The van der Waals surface area contributed by atoms with Crippen LogP contribution in [-0.4, -0.2) is 27.3 Å². The molecule has 0 aliphatic carbocycles. The second-order valence-corrected chi connectivity index (χ2v) is 6.15. The lowest BCUT2D eigenvalue weighted by Crippen LogP contribution is -2.31. The molecule has 0 unspecified atom stereocenters. The van der Waals surface area contributed by atoms with Gasteiger partial charge in [-0.2, -0.15) is 0 Å². The molecule has 0 bridgehead atoms. The van der Waals surface area contributed by atoms with Gasteiger partial charge in [-0.3, -0.25) is 0 Å². The van der Waals surface area contributed by atoms with Crippen LogP contribution in [-0.2, 0) is 13.0 Å². The summed E-state index contributed by atoms with van der Waals surface area (Å²) in [5, 5.41) is 15.7. The molecule has 2 amide bonds. The third kappa shape index (κ3) is 3.80. The van der Waals surface area contributed by atoms with Crippen LogP contribution in [0.3, 0.4) is 0 Å².